The van der Waals surface area contributed by atoms with Gasteiger partial charge in [-0.05, 0) is 23.4 Å². The van der Waals surface area contributed by atoms with Crippen molar-refractivity contribution in [1.82, 2.24) is 0 Å². The first-order valence-corrected chi connectivity index (χ1v) is 4.28. The molecule has 0 aromatic carbocycles. The molecule has 0 aromatic rings. The first-order valence-electron chi connectivity index (χ1n) is 3.21. The van der Waals surface area contributed by atoms with Crippen molar-refractivity contribution in [1.29, 1.82) is 0 Å². The van der Waals surface area contributed by atoms with Gasteiger partial charge in [0.1, 0.15) is 0 Å². The van der Waals surface area contributed by atoms with Gasteiger partial charge >= 0.3 is 0 Å². The Balaban J connectivity index is 2.40. The summed E-state index contributed by atoms with van der Waals surface area (Å²) in [5, 5.41) is 0. The normalized spacial score (nSPS) is 44.7. The molecule has 2 nitrogen and oxygen atoms in total. The van der Waals surface area contributed by atoms with Crippen LogP contribution in [0.2, 0.25) is 0 Å². The lowest BCUT2D eigenvalue weighted by Crippen LogP contribution is -2.24. The highest BCUT2D eigenvalue weighted by Crippen LogP contribution is 2.39. The van der Waals surface area contributed by atoms with E-state index in [1.807, 2.05) is 12.2 Å². The fraction of sp³-hybridized carbons (Fsp3) is 0.429. The molecule has 0 spiro atoms. The van der Waals surface area contributed by atoms with Crippen LogP contribution in [0.15, 0.2) is 24.3 Å². The SMILES string of the molecule is O=S([O-])C12C=CC(C=C1)C2. The van der Waals surface area contributed by atoms with Crippen molar-refractivity contribution >= 4 is 11.1 Å². The molecule has 10 heavy (non-hydrogen) atoms. The second kappa shape index (κ2) is 1.80. The average Bonchev–Trinajstić information content (AvgIpc) is 2.45. The summed E-state index contributed by atoms with van der Waals surface area (Å²) in [6, 6.07) is 0. The van der Waals surface area contributed by atoms with Crippen molar-refractivity contribution in [2.45, 2.75) is 11.2 Å². The molecule has 3 heteroatoms. The summed E-state index contributed by atoms with van der Waals surface area (Å²) in [5.41, 5.74) is 0. The first-order chi connectivity index (χ1) is 4.73. The van der Waals surface area contributed by atoms with Crippen molar-refractivity contribution in [2.75, 3.05) is 0 Å². The highest BCUT2D eigenvalue weighted by atomic mass is 32.2. The lowest BCUT2D eigenvalue weighted by atomic mass is 10.1. The molecule has 0 radical (unpaired) electrons. The van der Waals surface area contributed by atoms with E-state index in [9.17, 15) is 8.76 Å². The average molecular weight is 155 g/mol. The highest BCUT2D eigenvalue weighted by Gasteiger charge is 2.37. The fourth-order valence-electron chi connectivity index (χ4n) is 1.51. The Morgan fingerprint density at radius 3 is 2.30 bits per heavy atom. The highest BCUT2D eigenvalue weighted by molar-refractivity contribution is 7.81. The van der Waals surface area contributed by atoms with Crippen molar-refractivity contribution in [3.8, 4) is 0 Å². The molecule has 54 valence electrons. The van der Waals surface area contributed by atoms with Gasteiger partial charge in [-0.1, -0.05) is 24.3 Å². The molecule has 0 N–H and O–H groups in total. The zero-order valence-electron chi connectivity index (χ0n) is 5.32. The van der Waals surface area contributed by atoms with Gasteiger partial charge in [0.15, 0.2) is 0 Å². The predicted octanol–water partition coefficient (Wildman–Crippen LogP) is 0.750. The van der Waals surface area contributed by atoms with E-state index in [0.29, 0.717) is 5.92 Å². The lowest BCUT2D eigenvalue weighted by Gasteiger charge is -2.23. The van der Waals surface area contributed by atoms with E-state index in [1.54, 1.807) is 12.2 Å². The Bertz CT molecular complexity index is 228. The Morgan fingerprint density at radius 1 is 1.50 bits per heavy atom. The summed E-state index contributed by atoms with van der Waals surface area (Å²) in [6.45, 7) is 0. The number of rotatable bonds is 1. The summed E-state index contributed by atoms with van der Waals surface area (Å²) < 4.78 is 20.7. The molecule has 0 aromatic heterocycles. The molecular weight excluding hydrogens is 148 g/mol. The van der Waals surface area contributed by atoms with Gasteiger partial charge in [-0.3, -0.25) is 4.21 Å². The van der Waals surface area contributed by atoms with Gasteiger partial charge in [-0.2, -0.15) is 0 Å². The van der Waals surface area contributed by atoms with Gasteiger partial charge in [0.2, 0.25) is 0 Å². The minimum Gasteiger partial charge on any atom is -0.771 e. The number of hydrogen-bond acceptors (Lipinski definition) is 2. The molecule has 0 aliphatic heterocycles. The van der Waals surface area contributed by atoms with Crippen LogP contribution < -0.4 is 0 Å². The molecule has 0 heterocycles. The van der Waals surface area contributed by atoms with Crippen LogP contribution in [-0.4, -0.2) is 13.5 Å². The Kier molecular flexibility index (Phi) is 1.13. The van der Waals surface area contributed by atoms with Crippen LogP contribution in [0.3, 0.4) is 0 Å². The lowest BCUT2D eigenvalue weighted by molar-refractivity contribution is 0.514. The van der Waals surface area contributed by atoms with E-state index in [0.717, 1.165) is 6.42 Å². The molecule has 0 saturated carbocycles. The predicted molar refractivity (Wildman–Crippen MR) is 38.0 cm³/mol. The Morgan fingerprint density at radius 2 is 2.10 bits per heavy atom. The maximum atomic E-state index is 10.7. The first kappa shape index (κ1) is 6.31. The fourth-order valence-corrected chi connectivity index (χ4v) is 2.22. The zero-order valence-corrected chi connectivity index (χ0v) is 6.14. The van der Waals surface area contributed by atoms with Gasteiger partial charge < -0.3 is 4.55 Å². The number of allylic oxidation sites excluding steroid dienone is 2. The van der Waals surface area contributed by atoms with Gasteiger partial charge in [0, 0.05) is 0 Å². The largest absolute Gasteiger partial charge is 0.771 e. The molecule has 1 atom stereocenters. The standard InChI is InChI=1S/C7H8O2S/c8-10(9)7-3-1-6(5-7)2-4-7/h1-4,6H,5H2,(H,8,9)/p-1. The van der Waals surface area contributed by atoms with Crippen molar-refractivity contribution in [2.24, 2.45) is 5.92 Å². The summed E-state index contributed by atoms with van der Waals surface area (Å²) in [6.07, 6.45) is 8.19. The van der Waals surface area contributed by atoms with Gasteiger partial charge in [0.05, 0.1) is 4.75 Å². The monoisotopic (exact) mass is 155 g/mol. The molecule has 2 rings (SSSR count). The van der Waals surface area contributed by atoms with E-state index < -0.39 is 15.8 Å². The molecule has 0 amide bonds. The van der Waals surface area contributed by atoms with Crippen LogP contribution in [0, 0.1) is 5.92 Å². The van der Waals surface area contributed by atoms with Gasteiger partial charge in [-0.25, -0.2) is 0 Å². The smallest absolute Gasteiger partial charge is 0.0695 e. The summed E-state index contributed by atoms with van der Waals surface area (Å²) in [4.78, 5) is 0. The van der Waals surface area contributed by atoms with Crippen LogP contribution in [0.1, 0.15) is 6.42 Å². The third-order valence-electron chi connectivity index (χ3n) is 2.12. The molecule has 1 unspecified atom stereocenters. The second-order valence-electron chi connectivity index (χ2n) is 2.78. The van der Waals surface area contributed by atoms with E-state index in [-0.39, 0.29) is 0 Å². The third-order valence-corrected chi connectivity index (χ3v) is 3.18. The van der Waals surface area contributed by atoms with Crippen LogP contribution in [-0.2, 0) is 11.1 Å². The number of hydrogen-bond donors (Lipinski definition) is 0. The minimum absolute atomic E-state index is 0.373. The van der Waals surface area contributed by atoms with Gasteiger partial charge in [0.25, 0.3) is 0 Å². The molecule has 0 fully saturated rings. The summed E-state index contributed by atoms with van der Waals surface area (Å²) in [7, 11) is 0. The second-order valence-corrected chi connectivity index (χ2v) is 4.01. The topological polar surface area (TPSA) is 40.1 Å². The van der Waals surface area contributed by atoms with Crippen LogP contribution in [0.4, 0.5) is 0 Å². The van der Waals surface area contributed by atoms with E-state index >= 15 is 0 Å². The van der Waals surface area contributed by atoms with Crippen molar-refractivity contribution < 1.29 is 8.76 Å². The summed E-state index contributed by atoms with van der Waals surface area (Å²) >= 11 is -1.98. The van der Waals surface area contributed by atoms with Crippen LogP contribution >= 0.6 is 0 Å². The zero-order chi connectivity index (χ0) is 7.19. The van der Waals surface area contributed by atoms with E-state index in [1.165, 1.54) is 0 Å². The van der Waals surface area contributed by atoms with E-state index in [4.69, 9.17) is 0 Å². The molecule has 0 saturated heterocycles. The maximum Gasteiger partial charge on any atom is 0.0695 e. The maximum absolute atomic E-state index is 10.7. The molecule has 2 bridgehead atoms. The van der Waals surface area contributed by atoms with Gasteiger partial charge in [-0.15, -0.1) is 0 Å². The van der Waals surface area contributed by atoms with Crippen molar-refractivity contribution in [3.63, 3.8) is 0 Å². The van der Waals surface area contributed by atoms with Crippen molar-refractivity contribution in [3.05, 3.63) is 24.3 Å². The third kappa shape index (κ3) is 0.646. The molecule has 2 aliphatic rings. The number of fused-ring (bicyclic) bond motifs is 2. The Labute approximate surface area is 61.9 Å². The minimum atomic E-state index is -1.98. The quantitative estimate of drug-likeness (QED) is 0.414. The Hall–Kier alpha value is -0.410. The van der Waals surface area contributed by atoms with E-state index in [2.05, 4.69) is 0 Å². The molecule has 2 aliphatic carbocycles. The van der Waals surface area contributed by atoms with Crippen LogP contribution in [0.5, 0.6) is 0 Å². The molecular formula is C7H7O2S-. The summed E-state index contributed by atoms with van der Waals surface area (Å²) in [5.74, 6) is 0.373. The van der Waals surface area contributed by atoms with Crippen LogP contribution in [0.25, 0.3) is 0 Å².